The van der Waals surface area contributed by atoms with Crippen LogP contribution < -0.4 is 0 Å². The summed E-state index contributed by atoms with van der Waals surface area (Å²) >= 11 is 0. The van der Waals surface area contributed by atoms with E-state index in [1.165, 1.54) is 0 Å². The number of carboxylic acids is 1. The Hall–Kier alpha value is -0.640. The number of aliphatic carboxylic acids is 1. The lowest BCUT2D eigenvalue weighted by Gasteiger charge is -2.14. The molecule has 0 aliphatic carbocycles. The van der Waals surface area contributed by atoms with Gasteiger partial charge >= 0.3 is 5.97 Å². The predicted octanol–water partition coefficient (Wildman–Crippen LogP) is 1.14. The van der Waals surface area contributed by atoms with Crippen LogP contribution in [0.2, 0.25) is 0 Å². The summed E-state index contributed by atoms with van der Waals surface area (Å²) in [6, 6.07) is 0. The first-order valence-corrected chi connectivity index (χ1v) is 4.64. The predicted molar refractivity (Wildman–Crippen MR) is 47.4 cm³/mol. The molecule has 0 bridgehead atoms. The highest BCUT2D eigenvalue weighted by Gasteiger charge is 2.26. The van der Waals surface area contributed by atoms with Gasteiger partial charge in [0.25, 0.3) is 0 Å². The van der Waals surface area contributed by atoms with Gasteiger partial charge in [0, 0.05) is 12.5 Å². The number of alkyl halides is 1. The zero-order chi connectivity index (χ0) is 9.84. The Morgan fingerprint density at radius 2 is 2.15 bits per heavy atom. The summed E-state index contributed by atoms with van der Waals surface area (Å²) in [5.74, 6) is -1.18. The summed E-state index contributed by atoms with van der Waals surface area (Å²) in [5, 5.41) is 8.56. The second-order valence-corrected chi connectivity index (χ2v) is 3.75. The third kappa shape index (κ3) is 3.30. The first-order chi connectivity index (χ1) is 6.09. The van der Waals surface area contributed by atoms with E-state index in [1.54, 1.807) is 0 Å². The number of carboxylic acid groups (broad SMARTS) is 1. The number of hydrogen-bond donors (Lipinski definition) is 1. The van der Waals surface area contributed by atoms with Crippen LogP contribution in [0.25, 0.3) is 0 Å². The van der Waals surface area contributed by atoms with Crippen molar-refractivity contribution in [2.45, 2.75) is 25.4 Å². The number of nitrogens with zero attached hydrogens (tertiary/aromatic N) is 1. The minimum Gasteiger partial charge on any atom is -0.481 e. The van der Waals surface area contributed by atoms with Gasteiger partial charge in [-0.15, -0.1) is 0 Å². The lowest BCUT2D eigenvalue weighted by atomic mass is 9.95. The first kappa shape index (κ1) is 10.4. The van der Waals surface area contributed by atoms with E-state index in [2.05, 4.69) is 4.90 Å². The molecule has 0 radical (unpaired) electrons. The number of likely N-dealkylation sites (tertiary alicyclic amines) is 1. The highest BCUT2D eigenvalue weighted by molar-refractivity contribution is 5.67. The van der Waals surface area contributed by atoms with E-state index >= 15 is 0 Å². The average molecular weight is 189 g/mol. The highest BCUT2D eigenvalue weighted by Crippen LogP contribution is 2.23. The van der Waals surface area contributed by atoms with Crippen LogP contribution in [0, 0.1) is 5.92 Å². The van der Waals surface area contributed by atoms with E-state index in [1.807, 2.05) is 7.05 Å². The lowest BCUT2D eigenvalue weighted by molar-refractivity contribution is -0.138. The van der Waals surface area contributed by atoms with E-state index in [9.17, 15) is 9.18 Å². The van der Waals surface area contributed by atoms with Crippen LogP contribution in [-0.2, 0) is 4.79 Å². The molecule has 0 spiro atoms. The molecule has 0 amide bonds. The van der Waals surface area contributed by atoms with Crippen molar-refractivity contribution >= 4 is 5.97 Å². The highest BCUT2D eigenvalue weighted by atomic mass is 19.1. The quantitative estimate of drug-likeness (QED) is 0.708. The smallest absolute Gasteiger partial charge is 0.303 e. The van der Waals surface area contributed by atoms with Gasteiger partial charge in [-0.3, -0.25) is 4.79 Å². The van der Waals surface area contributed by atoms with Gasteiger partial charge in [0.05, 0.1) is 6.42 Å². The van der Waals surface area contributed by atoms with E-state index in [0.29, 0.717) is 12.8 Å². The molecule has 0 unspecified atom stereocenters. The largest absolute Gasteiger partial charge is 0.481 e. The minimum atomic E-state index is -0.943. The summed E-state index contributed by atoms with van der Waals surface area (Å²) in [6.07, 6.45) is 0.147. The van der Waals surface area contributed by atoms with Crippen molar-refractivity contribution in [2.75, 3.05) is 20.1 Å². The molecule has 0 aromatic heterocycles. The van der Waals surface area contributed by atoms with Crippen LogP contribution in [-0.4, -0.2) is 42.3 Å². The molecule has 76 valence electrons. The lowest BCUT2D eigenvalue weighted by Crippen LogP contribution is -2.19. The van der Waals surface area contributed by atoms with Gasteiger partial charge in [-0.05, 0) is 26.4 Å². The summed E-state index contributed by atoms with van der Waals surface area (Å²) < 4.78 is 13.4. The Balaban J connectivity index is 2.46. The third-order valence-electron chi connectivity index (χ3n) is 2.62. The van der Waals surface area contributed by atoms with Crippen molar-refractivity contribution in [1.29, 1.82) is 0 Å². The fraction of sp³-hybridized carbons (Fsp3) is 0.889. The van der Waals surface area contributed by atoms with Crippen LogP contribution in [0.15, 0.2) is 0 Å². The summed E-state index contributed by atoms with van der Waals surface area (Å²) in [5.41, 5.74) is 0. The zero-order valence-corrected chi connectivity index (χ0v) is 7.87. The third-order valence-corrected chi connectivity index (χ3v) is 2.62. The van der Waals surface area contributed by atoms with E-state index in [0.717, 1.165) is 13.1 Å². The number of hydrogen-bond acceptors (Lipinski definition) is 2. The number of rotatable bonds is 2. The molecule has 1 fully saturated rings. The van der Waals surface area contributed by atoms with Gasteiger partial charge in [-0.25, -0.2) is 4.39 Å². The standard InChI is InChI=1S/C9H16FNO2/c1-11-4-2-7(6-9(12)13)8(10)3-5-11/h7-8H,2-6H2,1H3,(H,12,13)/t7-,8-/m1/s1. The molecule has 1 N–H and O–H groups in total. The Labute approximate surface area is 77.5 Å². The van der Waals surface area contributed by atoms with E-state index in [4.69, 9.17) is 5.11 Å². The van der Waals surface area contributed by atoms with Gasteiger partial charge < -0.3 is 10.0 Å². The van der Waals surface area contributed by atoms with Gasteiger partial charge in [0.15, 0.2) is 0 Å². The molecule has 0 saturated carbocycles. The molecule has 3 nitrogen and oxygen atoms in total. The second-order valence-electron chi connectivity index (χ2n) is 3.75. The van der Waals surface area contributed by atoms with Crippen LogP contribution in [0.4, 0.5) is 4.39 Å². The van der Waals surface area contributed by atoms with E-state index < -0.39 is 12.1 Å². The van der Waals surface area contributed by atoms with Crippen molar-refractivity contribution in [1.82, 2.24) is 4.90 Å². The maximum atomic E-state index is 13.4. The minimum absolute atomic E-state index is 0.0327. The molecule has 0 aromatic rings. The average Bonchev–Trinajstić information content (AvgIpc) is 2.19. The second kappa shape index (κ2) is 4.56. The van der Waals surface area contributed by atoms with Crippen molar-refractivity contribution in [2.24, 2.45) is 5.92 Å². The Morgan fingerprint density at radius 3 is 2.77 bits per heavy atom. The summed E-state index contributed by atoms with van der Waals surface area (Å²) in [7, 11) is 1.94. The topological polar surface area (TPSA) is 40.5 Å². The van der Waals surface area contributed by atoms with Gasteiger partial charge in [-0.1, -0.05) is 0 Å². The monoisotopic (exact) mass is 189 g/mol. The summed E-state index contributed by atoms with van der Waals surface area (Å²) in [6.45, 7) is 1.54. The molecule has 1 saturated heterocycles. The van der Waals surface area contributed by atoms with Crippen molar-refractivity contribution in [3.63, 3.8) is 0 Å². The number of halogens is 1. The van der Waals surface area contributed by atoms with Crippen LogP contribution in [0.1, 0.15) is 19.3 Å². The van der Waals surface area contributed by atoms with Crippen molar-refractivity contribution in [3.8, 4) is 0 Å². The van der Waals surface area contributed by atoms with Gasteiger partial charge in [0.2, 0.25) is 0 Å². The van der Waals surface area contributed by atoms with E-state index in [-0.39, 0.29) is 12.3 Å². The molecule has 1 aliphatic rings. The molecule has 1 aliphatic heterocycles. The first-order valence-electron chi connectivity index (χ1n) is 4.64. The normalized spacial score (nSPS) is 31.2. The van der Waals surface area contributed by atoms with Crippen molar-refractivity contribution < 1.29 is 14.3 Å². The zero-order valence-electron chi connectivity index (χ0n) is 7.87. The fourth-order valence-corrected chi connectivity index (χ4v) is 1.71. The molecule has 13 heavy (non-hydrogen) atoms. The molecular formula is C9H16FNO2. The maximum absolute atomic E-state index is 13.4. The van der Waals surface area contributed by atoms with Crippen LogP contribution in [0.5, 0.6) is 0 Å². The van der Waals surface area contributed by atoms with Crippen LogP contribution in [0.3, 0.4) is 0 Å². The Kier molecular flexibility index (Phi) is 3.66. The Bertz CT molecular complexity index is 186. The molecule has 0 aromatic carbocycles. The SMILES string of the molecule is CN1CC[C@H](CC(=O)O)[C@H](F)CC1. The maximum Gasteiger partial charge on any atom is 0.303 e. The molecular weight excluding hydrogens is 173 g/mol. The Morgan fingerprint density at radius 1 is 1.54 bits per heavy atom. The molecule has 1 rings (SSSR count). The van der Waals surface area contributed by atoms with Crippen LogP contribution >= 0.6 is 0 Å². The van der Waals surface area contributed by atoms with Gasteiger partial charge in [-0.2, -0.15) is 0 Å². The summed E-state index contributed by atoms with van der Waals surface area (Å²) in [4.78, 5) is 12.5. The molecule has 4 heteroatoms. The number of carbonyl (C=O) groups is 1. The fourth-order valence-electron chi connectivity index (χ4n) is 1.71. The molecule has 2 atom stereocenters. The molecule has 1 heterocycles. The van der Waals surface area contributed by atoms with Gasteiger partial charge in [0.1, 0.15) is 6.17 Å². The van der Waals surface area contributed by atoms with Crippen molar-refractivity contribution in [3.05, 3.63) is 0 Å².